The first kappa shape index (κ1) is 11.6. The summed E-state index contributed by atoms with van der Waals surface area (Å²) in [5.74, 6) is 0.914. The predicted octanol–water partition coefficient (Wildman–Crippen LogP) is 1.07. The Kier molecular flexibility index (Phi) is 2.87. The second-order valence-corrected chi connectivity index (χ2v) is 4.28. The van der Waals surface area contributed by atoms with Crippen LogP contribution in [0, 0.1) is 12.3 Å². The summed E-state index contributed by atoms with van der Waals surface area (Å²) in [4.78, 5) is 19.2. The molecule has 1 heterocycles. The highest BCUT2D eigenvalue weighted by Gasteiger charge is 2.50. The summed E-state index contributed by atoms with van der Waals surface area (Å²) in [5.41, 5.74) is -0.605. The number of aliphatic carboxylic acids is 1. The summed E-state index contributed by atoms with van der Waals surface area (Å²) < 4.78 is 5.02. The van der Waals surface area contributed by atoms with Gasteiger partial charge in [0.15, 0.2) is 0 Å². The number of carboxylic acids is 1. The molecule has 0 saturated heterocycles. The lowest BCUT2D eigenvalue weighted by molar-refractivity contribution is -0.142. The van der Waals surface area contributed by atoms with Crippen LogP contribution >= 0.6 is 0 Å². The lowest BCUT2D eigenvalue weighted by atomic mass is 10.1. The van der Waals surface area contributed by atoms with Crippen molar-refractivity contribution >= 4 is 11.8 Å². The number of hydrogen-bond donors (Lipinski definition) is 2. The number of anilines is 1. The molecule has 0 unspecified atom stereocenters. The van der Waals surface area contributed by atoms with Gasteiger partial charge in [-0.25, -0.2) is 4.98 Å². The van der Waals surface area contributed by atoms with Crippen LogP contribution in [0.25, 0.3) is 0 Å². The summed E-state index contributed by atoms with van der Waals surface area (Å²) >= 11 is 0. The molecule has 1 fully saturated rings. The first-order valence-corrected chi connectivity index (χ1v) is 5.43. The highest BCUT2D eigenvalue weighted by atomic mass is 16.5. The van der Waals surface area contributed by atoms with E-state index >= 15 is 0 Å². The van der Waals surface area contributed by atoms with Gasteiger partial charge in [-0.05, 0) is 19.8 Å². The number of aryl methyl sites for hydroxylation is 1. The fraction of sp³-hybridized carbons (Fsp3) is 0.545. The van der Waals surface area contributed by atoms with E-state index in [9.17, 15) is 4.79 Å². The second kappa shape index (κ2) is 4.20. The summed E-state index contributed by atoms with van der Waals surface area (Å²) in [5, 5.41) is 12.1. The van der Waals surface area contributed by atoms with Crippen LogP contribution in [-0.2, 0) is 4.79 Å². The molecule has 0 aromatic carbocycles. The Bertz CT molecular complexity index is 444. The predicted molar refractivity (Wildman–Crippen MR) is 61.1 cm³/mol. The van der Waals surface area contributed by atoms with Crippen molar-refractivity contribution in [3.8, 4) is 5.88 Å². The molecule has 2 rings (SSSR count). The summed E-state index contributed by atoms with van der Waals surface area (Å²) in [6, 6.07) is 1.66. The number of ether oxygens (including phenoxy) is 1. The molecule has 2 N–H and O–H groups in total. The molecular formula is C11H15N3O3. The van der Waals surface area contributed by atoms with Crippen molar-refractivity contribution in [2.45, 2.75) is 19.8 Å². The van der Waals surface area contributed by atoms with Crippen molar-refractivity contribution in [1.29, 1.82) is 0 Å². The van der Waals surface area contributed by atoms with Crippen molar-refractivity contribution in [3.05, 3.63) is 11.9 Å². The Balaban J connectivity index is 2.04. The molecule has 1 aromatic heterocycles. The lowest BCUT2D eigenvalue weighted by Crippen LogP contribution is -2.24. The molecule has 0 spiro atoms. The van der Waals surface area contributed by atoms with E-state index < -0.39 is 11.4 Å². The molecule has 1 saturated carbocycles. The third-order valence-electron chi connectivity index (χ3n) is 2.94. The fourth-order valence-electron chi connectivity index (χ4n) is 1.61. The first-order chi connectivity index (χ1) is 8.05. The van der Waals surface area contributed by atoms with Gasteiger partial charge in [-0.2, -0.15) is 4.98 Å². The first-order valence-electron chi connectivity index (χ1n) is 5.43. The Morgan fingerprint density at radius 1 is 1.59 bits per heavy atom. The minimum Gasteiger partial charge on any atom is -0.481 e. The van der Waals surface area contributed by atoms with Crippen molar-refractivity contribution in [2.75, 3.05) is 19.0 Å². The zero-order chi connectivity index (χ0) is 12.5. The Morgan fingerprint density at radius 3 is 2.82 bits per heavy atom. The Morgan fingerprint density at radius 2 is 2.29 bits per heavy atom. The highest BCUT2D eigenvalue weighted by molar-refractivity contribution is 5.78. The summed E-state index contributed by atoms with van der Waals surface area (Å²) in [6.45, 7) is 2.15. The molecular weight excluding hydrogens is 222 g/mol. The van der Waals surface area contributed by atoms with Gasteiger partial charge < -0.3 is 15.2 Å². The average molecular weight is 237 g/mol. The molecule has 92 valence electrons. The zero-order valence-electron chi connectivity index (χ0n) is 9.86. The molecule has 0 aliphatic heterocycles. The van der Waals surface area contributed by atoms with E-state index in [1.807, 2.05) is 0 Å². The Hall–Kier alpha value is -1.85. The Labute approximate surface area is 99.0 Å². The van der Waals surface area contributed by atoms with E-state index in [0.29, 0.717) is 24.1 Å². The van der Waals surface area contributed by atoms with Crippen LogP contribution in [0.2, 0.25) is 0 Å². The van der Waals surface area contributed by atoms with E-state index in [4.69, 9.17) is 9.84 Å². The van der Waals surface area contributed by atoms with Crippen LogP contribution in [0.15, 0.2) is 6.07 Å². The SMILES string of the molecule is COc1cc(NCC2(C(=O)O)CC2)nc(C)n1. The average Bonchev–Trinajstić information content (AvgIpc) is 3.06. The number of methoxy groups -OCH3 is 1. The van der Waals surface area contributed by atoms with Gasteiger partial charge in [-0.3, -0.25) is 4.79 Å². The normalized spacial score (nSPS) is 16.4. The number of hydrogen-bond acceptors (Lipinski definition) is 5. The third-order valence-corrected chi connectivity index (χ3v) is 2.94. The van der Waals surface area contributed by atoms with Crippen LogP contribution in [-0.4, -0.2) is 34.7 Å². The van der Waals surface area contributed by atoms with Crippen LogP contribution in [0.5, 0.6) is 5.88 Å². The molecule has 1 aliphatic carbocycles. The van der Waals surface area contributed by atoms with Gasteiger partial charge in [0.05, 0.1) is 12.5 Å². The number of carbonyl (C=O) groups is 1. The monoisotopic (exact) mass is 237 g/mol. The standard InChI is InChI=1S/C11H15N3O3/c1-7-13-8(5-9(14-7)17-2)12-6-11(3-4-11)10(15)16/h5H,3-4,6H2,1-2H3,(H,15,16)(H,12,13,14). The number of nitrogens with zero attached hydrogens (tertiary/aromatic N) is 2. The van der Waals surface area contributed by atoms with Gasteiger partial charge in [-0.15, -0.1) is 0 Å². The highest BCUT2D eigenvalue weighted by Crippen LogP contribution is 2.45. The summed E-state index contributed by atoms with van der Waals surface area (Å²) in [6.07, 6.45) is 1.44. The van der Waals surface area contributed by atoms with Crippen LogP contribution in [0.1, 0.15) is 18.7 Å². The second-order valence-electron chi connectivity index (χ2n) is 4.28. The maximum atomic E-state index is 11.0. The number of aromatic nitrogens is 2. The van der Waals surface area contributed by atoms with E-state index in [1.165, 1.54) is 7.11 Å². The molecule has 6 heteroatoms. The van der Waals surface area contributed by atoms with Crippen LogP contribution < -0.4 is 10.1 Å². The molecule has 0 atom stereocenters. The lowest BCUT2D eigenvalue weighted by Gasteiger charge is -2.12. The molecule has 0 amide bonds. The molecule has 17 heavy (non-hydrogen) atoms. The van der Waals surface area contributed by atoms with E-state index in [0.717, 1.165) is 12.8 Å². The van der Waals surface area contributed by atoms with Gasteiger partial charge in [0.25, 0.3) is 0 Å². The van der Waals surface area contributed by atoms with Crippen molar-refractivity contribution in [3.63, 3.8) is 0 Å². The maximum absolute atomic E-state index is 11.0. The zero-order valence-corrected chi connectivity index (χ0v) is 9.86. The third kappa shape index (κ3) is 2.46. The van der Waals surface area contributed by atoms with Crippen molar-refractivity contribution < 1.29 is 14.6 Å². The molecule has 1 aromatic rings. The van der Waals surface area contributed by atoms with Crippen LogP contribution in [0.4, 0.5) is 5.82 Å². The van der Waals surface area contributed by atoms with Gasteiger partial charge in [0.1, 0.15) is 11.6 Å². The van der Waals surface area contributed by atoms with E-state index in [-0.39, 0.29) is 0 Å². The molecule has 1 aliphatic rings. The van der Waals surface area contributed by atoms with Gasteiger partial charge in [0.2, 0.25) is 5.88 Å². The van der Waals surface area contributed by atoms with Gasteiger partial charge in [-0.1, -0.05) is 0 Å². The fourth-order valence-corrected chi connectivity index (χ4v) is 1.61. The van der Waals surface area contributed by atoms with E-state index in [2.05, 4.69) is 15.3 Å². The topological polar surface area (TPSA) is 84.3 Å². The quantitative estimate of drug-likeness (QED) is 0.796. The largest absolute Gasteiger partial charge is 0.481 e. The summed E-state index contributed by atoms with van der Waals surface area (Å²) in [7, 11) is 1.53. The van der Waals surface area contributed by atoms with E-state index in [1.54, 1.807) is 13.0 Å². The number of rotatable bonds is 5. The number of nitrogens with one attached hydrogen (secondary N) is 1. The smallest absolute Gasteiger partial charge is 0.311 e. The minimum atomic E-state index is -0.747. The van der Waals surface area contributed by atoms with Gasteiger partial charge >= 0.3 is 5.97 Å². The van der Waals surface area contributed by atoms with Crippen molar-refractivity contribution in [2.24, 2.45) is 5.41 Å². The molecule has 0 radical (unpaired) electrons. The molecule has 6 nitrogen and oxygen atoms in total. The van der Waals surface area contributed by atoms with Crippen molar-refractivity contribution in [1.82, 2.24) is 9.97 Å². The maximum Gasteiger partial charge on any atom is 0.311 e. The molecule has 0 bridgehead atoms. The minimum absolute atomic E-state index is 0.391. The van der Waals surface area contributed by atoms with Gasteiger partial charge in [0, 0.05) is 12.6 Å². The number of carboxylic acid groups (broad SMARTS) is 1. The van der Waals surface area contributed by atoms with Crippen LogP contribution in [0.3, 0.4) is 0 Å².